The molecule has 0 bridgehead atoms. The molecule has 0 radical (unpaired) electrons. The Morgan fingerprint density at radius 2 is 1.11 bits per heavy atom. The highest BCUT2D eigenvalue weighted by atomic mass is 16.5. The monoisotopic (exact) mass is 783 g/mol. The first kappa shape index (κ1) is 49.8. The molecule has 56 heavy (non-hydrogen) atoms. The number of carboxylic acid groups (broad SMARTS) is 1. The first-order chi connectivity index (χ1) is 27.3. The van der Waals surface area contributed by atoms with Crippen molar-refractivity contribution in [2.45, 2.75) is 245 Å². The van der Waals surface area contributed by atoms with E-state index in [1.54, 1.807) is 24.3 Å². The third kappa shape index (κ3) is 23.1. The van der Waals surface area contributed by atoms with Crippen LogP contribution in [0.25, 0.3) is 0 Å². The van der Waals surface area contributed by atoms with E-state index in [4.69, 9.17) is 9.47 Å². The Morgan fingerprint density at radius 1 is 0.607 bits per heavy atom. The minimum atomic E-state index is -0.573. The van der Waals surface area contributed by atoms with Gasteiger partial charge in [-0.3, -0.25) is 4.79 Å². The van der Waals surface area contributed by atoms with Gasteiger partial charge in [0.1, 0.15) is 6.10 Å². The van der Waals surface area contributed by atoms with Crippen LogP contribution in [-0.2, 0) is 14.3 Å². The Bertz CT molecular complexity index is 1140. The van der Waals surface area contributed by atoms with Gasteiger partial charge < -0.3 is 14.6 Å². The van der Waals surface area contributed by atoms with Crippen LogP contribution in [0.1, 0.15) is 260 Å². The molecule has 2 unspecified atom stereocenters. The van der Waals surface area contributed by atoms with Gasteiger partial charge in [0.05, 0.1) is 24.2 Å². The van der Waals surface area contributed by atoms with Crippen LogP contribution in [0.3, 0.4) is 0 Å². The zero-order valence-electron chi connectivity index (χ0n) is 36.7. The lowest BCUT2D eigenvalue weighted by Gasteiger charge is -2.40. The van der Waals surface area contributed by atoms with E-state index < -0.39 is 17.9 Å². The van der Waals surface area contributed by atoms with Crippen molar-refractivity contribution < 1.29 is 29.0 Å². The highest BCUT2D eigenvalue weighted by molar-refractivity contribution is 6.03. The lowest BCUT2D eigenvalue weighted by molar-refractivity contribution is -0.141. The molecule has 2 aliphatic carbocycles. The van der Waals surface area contributed by atoms with Gasteiger partial charge in [0.25, 0.3) is 0 Å². The average molecular weight is 783 g/mol. The molecule has 2 fully saturated rings. The average Bonchev–Trinajstić information content (AvgIpc) is 3.20. The van der Waals surface area contributed by atoms with Crippen molar-refractivity contribution in [2.24, 2.45) is 11.3 Å². The molecule has 6 nitrogen and oxygen atoms in total. The summed E-state index contributed by atoms with van der Waals surface area (Å²) in [4.78, 5) is 36.6. The van der Waals surface area contributed by atoms with E-state index in [0.29, 0.717) is 24.2 Å². The van der Waals surface area contributed by atoms with Crippen molar-refractivity contribution in [3.8, 4) is 0 Å². The topological polar surface area (TPSA) is 89.9 Å². The third-order valence-corrected chi connectivity index (χ3v) is 12.5. The Kier molecular flexibility index (Phi) is 29.0. The molecule has 0 heterocycles. The first-order valence-corrected chi connectivity index (χ1v) is 24.0. The van der Waals surface area contributed by atoms with E-state index in [0.717, 1.165) is 57.3 Å². The summed E-state index contributed by atoms with van der Waals surface area (Å²) in [5.41, 5.74) is 0.739. The molecule has 3 rings (SSSR count). The number of carboxylic acids is 1. The number of ether oxygens (including phenoxy) is 2. The second-order valence-electron chi connectivity index (χ2n) is 17.6. The maximum absolute atomic E-state index is 12.6. The Labute approximate surface area is 344 Å². The molecule has 1 aromatic rings. The molecule has 0 aliphatic heterocycles. The molecule has 322 valence electrons. The first-order valence-electron chi connectivity index (χ1n) is 24.0. The SMILES string of the molecule is CCCCCCCCC1CCCC(CCCCCCCC)(CC(=O)O)C1.CCCCCCCCCCCCOC(=O)c1ccccc1C(=O)OC1CCCCC1. The lowest BCUT2D eigenvalue weighted by atomic mass is 9.64. The number of esters is 2. The van der Waals surface area contributed by atoms with Gasteiger partial charge in [-0.05, 0) is 74.8 Å². The fraction of sp³-hybridized carbons (Fsp3) is 0.820. The normalized spacial score (nSPS) is 18.5. The predicted octanol–water partition coefficient (Wildman–Crippen LogP) is 15.4. The van der Waals surface area contributed by atoms with Crippen LogP contribution in [0.4, 0.5) is 0 Å². The smallest absolute Gasteiger partial charge is 0.339 e. The molecule has 0 spiro atoms. The quantitative estimate of drug-likeness (QED) is 0.0617. The van der Waals surface area contributed by atoms with Crippen molar-refractivity contribution >= 4 is 17.9 Å². The van der Waals surface area contributed by atoms with Crippen LogP contribution >= 0.6 is 0 Å². The Balaban J connectivity index is 0.000000391. The standard InChI is InChI=1S/C26H40O4.C24H46O2/c1-2-3-4-5-6-7-8-9-10-16-21-29-25(27)23-19-14-15-20-24(23)26(28)30-22-17-12-11-13-18-22;1-3-5-7-9-11-13-16-22-17-15-19-24(20-22,21-23(25)26)18-14-12-10-8-6-4-2/h14-15,19-20,22H,2-13,16-18,21H2,1H3;22H,3-21H2,1-2H3,(H,25,26). The third-order valence-electron chi connectivity index (χ3n) is 12.5. The number of carbonyl (C=O) groups excluding carboxylic acids is 2. The van der Waals surface area contributed by atoms with Gasteiger partial charge in [-0.1, -0.05) is 193 Å². The second kappa shape index (κ2) is 32.6. The minimum absolute atomic E-state index is 0.0260. The van der Waals surface area contributed by atoms with Crippen LogP contribution in [0.2, 0.25) is 0 Å². The molecular weight excluding hydrogens is 697 g/mol. The fourth-order valence-corrected chi connectivity index (χ4v) is 9.19. The Hall–Kier alpha value is -2.37. The van der Waals surface area contributed by atoms with Crippen LogP contribution < -0.4 is 0 Å². The van der Waals surface area contributed by atoms with E-state index >= 15 is 0 Å². The number of hydrogen-bond acceptors (Lipinski definition) is 5. The molecule has 1 aromatic carbocycles. The number of aliphatic carboxylic acids is 1. The van der Waals surface area contributed by atoms with E-state index in [9.17, 15) is 19.5 Å². The highest BCUT2D eigenvalue weighted by Crippen LogP contribution is 2.47. The molecule has 2 saturated carbocycles. The molecular formula is C50H86O6. The fourth-order valence-electron chi connectivity index (χ4n) is 9.19. The number of carbonyl (C=O) groups is 3. The van der Waals surface area contributed by atoms with E-state index in [-0.39, 0.29) is 11.5 Å². The van der Waals surface area contributed by atoms with Crippen molar-refractivity contribution in [1.29, 1.82) is 0 Å². The van der Waals surface area contributed by atoms with Gasteiger partial charge >= 0.3 is 17.9 Å². The van der Waals surface area contributed by atoms with Crippen molar-refractivity contribution in [1.82, 2.24) is 0 Å². The van der Waals surface area contributed by atoms with Gasteiger partial charge in [0.2, 0.25) is 0 Å². The molecule has 0 aromatic heterocycles. The number of unbranched alkanes of at least 4 members (excludes halogenated alkanes) is 19. The summed E-state index contributed by atoms with van der Waals surface area (Å²) in [6, 6.07) is 6.82. The minimum Gasteiger partial charge on any atom is -0.481 e. The maximum Gasteiger partial charge on any atom is 0.339 e. The van der Waals surface area contributed by atoms with Crippen LogP contribution in [0.5, 0.6) is 0 Å². The van der Waals surface area contributed by atoms with E-state index in [2.05, 4.69) is 20.8 Å². The summed E-state index contributed by atoms with van der Waals surface area (Å²) in [7, 11) is 0. The summed E-state index contributed by atoms with van der Waals surface area (Å²) in [6.45, 7) is 7.18. The Morgan fingerprint density at radius 3 is 1.66 bits per heavy atom. The molecule has 0 amide bonds. The number of rotatable bonds is 30. The number of hydrogen-bond donors (Lipinski definition) is 1. The predicted molar refractivity (Wildman–Crippen MR) is 233 cm³/mol. The van der Waals surface area contributed by atoms with Crippen molar-refractivity contribution in [2.75, 3.05) is 6.61 Å². The van der Waals surface area contributed by atoms with Crippen molar-refractivity contribution in [3.05, 3.63) is 35.4 Å². The van der Waals surface area contributed by atoms with Gasteiger partial charge in [-0.2, -0.15) is 0 Å². The largest absolute Gasteiger partial charge is 0.481 e. The maximum atomic E-state index is 12.6. The molecule has 2 aliphatic rings. The summed E-state index contributed by atoms with van der Waals surface area (Å²) >= 11 is 0. The second-order valence-corrected chi connectivity index (χ2v) is 17.6. The molecule has 1 N–H and O–H groups in total. The van der Waals surface area contributed by atoms with E-state index in [1.807, 2.05) is 0 Å². The molecule has 0 saturated heterocycles. The van der Waals surface area contributed by atoms with Crippen molar-refractivity contribution in [3.63, 3.8) is 0 Å². The summed E-state index contributed by atoms with van der Waals surface area (Å²) in [5, 5.41) is 9.49. The highest BCUT2D eigenvalue weighted by Gasteiger charge is 2.37. The summed E-state index contributed by atoms with van der Waals surface area (Å²) < 4.78 is 11.1. The summed E-state index contributed by atoms with van der Waals surface area (Å²) in [5.74, 6) is -0.624. The molecule has 6 heteroatoms. The van der Waals surface area contributed by atoms with E-state index in [1.165, 1.54) is 161 Å². The van der Waals surface area contributed by atoms with Crippen LogP contribution in [0.15, 0.2) is 24.3 Å². The zero-order valence-corrected chi connectivity index (χ0v) is 36.7. The van der Waals surface area contributed by atoms with Crippen LogP contribution in [-0.4, -0.2) is 35.7 Å². The van der Waals surface area contributed by atoms with Gasteiger partial charge in [0.15, 0.2) is 0 Å². The van der Waals surface area contributed by atoms with Gasteiger partial charge in [-0.25, -0.2) is 9.59 Å². The van der Waals surface area contributed by atoms with Gasteiger partial charge in [-0.15, -0.1) is 0 Å². The van der Waals surface area contributed by atoms with Crippen LogP contribution in [0, 0.1) is 11.3 Å². The summed E-state index contributed by atoms with van der Waals surface area (Å²) in [6.07, 6.45) is 41.5. The lowest BCUT2D eigenvalue weighted by Crippen LogP contribution is -2.31. The molecule has 2 atom stereocenters. The number of benzene rings is 1. The van der Waals surface area contributed by atoms with Gasteiger partial charge in [0, 0.05) is 0 Å². The zero-order chi connectivity index (χ0) is 40.5.